The molecule has 1 saturated heterocycles. The maximum atomic E-state index is 11.5. The van der Waals surface area contributed by atoms with Gasteiger partial charge in [-0.25, -0.2) is 0 Å². The average molecular weight is 212 g/mol. The van der Waals surface area contributed by atoms with Crippen LogP contribution in [0.3, 0.4) is 0 Å². The number of carbonyl (C=O) groups excluding carboxylic acids is 1. The molecule has 2 N–H and O–H groups in total. The van der Waals surface area contributed by atoms with Crippen molar-refractivity contribution < 1.29 is 14.7 Å². The summed E-state index contributed by atoms with van der Waals surface area (Å²) in [7, 11) is 0. The molecule has 1 aliphatic carbocycles. The zero-order valence-electron chi connectivity index (χ0n) is 8.61. The highest BCUT2D eigenvalue weighted by Gasteiger charge is 2.32. The molecule has 1 saturated carbocycles. The normalized spacial score (nSPS) is 26.5. The van der Waals surface area contributed by atoms with Crippen molar-refractivity contribution in [2.75, 3.05) is 13.1 Å². The lowest BCUT2D eigenvalue weighted by Gasteiger charge is -2.20. The Balaban J connectivity index is 1.81. The zero-order valence-corrected chi connectivity index (χ0v) is 8.61. The van der Waals surface area contributed by atoms with Gasteiger partial charge in [-0.1, -0.05) is 0 Å². The lowest BCUT2D eigenvalue weighted by atomic mass is 10.2. The van der Waals surface area contributed by atoms with Gasteiger partial charge in [-0.05, 0) is 32.2 Å². The molecule has 0 aromatic heterocycles. The Kier molecular flexibility index (Phi) is 2.90. The summed E-state index contributed by atoms with van der Waals surface area (Å²) in [5.41, 5.74) is 0. The highest BCUT2D eigenvalue weighted by Crippen LogP contribution is 2.20. The minimum Gasteiger partial charge on any atom is -0.480 e. The summed E-state index contributed by atoms with van der Waals surface area (Å²) in [4.78, 5) is 24.1. The Labute approximate surface area is 88.4 Å². The summed E-state index contributed by atoms with van der Waals surface area (Å²) in [6.07, 6.45) is 3.65. The lowest BCUT2D eigenvalue weighted by molar-refractivity contribution is -0.142. The fourth-order valence-electron chi connectivity index (χ4n) is 1.98. The van der Waals surface area contributed by atoms with Gasteiger partial charge < -0.3 is 10.4 Å². The molecule has 0 aromatic carbocycles. The van der Waals surface area contributed by atoms with Crippen LogP contribution in [-0.2, 0) is 9.59 Å². The topological polar surface area (TPSA) is 69.6 Å². The summed E-state index contributed by atoms with van der Waals surface area (Å²) < 4.78 is 0. The number of carboxylic acid groups (broad SMARTS) is 1. The molecule has 0 bridgehead atoms. The fraction of sp³-hybridized carbons (Fsp3) is 0.800. The molecule has 5 heteroatoms. The van der Waals surface area contributed by atoms with Crippen LogP contribution >= 0.6 is 0 Å². The van der Waals surface area contributed by atoms with Crippen LogP contribution in [0.1, 0.15) is 25.7 Å². The third-order valence-corrected chi connectivity index (χ3v) is 2.94. The quantitative estimate of drug-likeness (QED) is 0.678. The van der Waals surface area contributed by atoms with Crippen LogP contribution in [0.2, 0.25) is 0 Å². The second-order valence-corrected chi connectivity index (χ2v) is 4.31. The van der Waals surface area contributed by atoms with Gasteiger partial charge in [-0.15, -0.1) is 0 Å². The summed E-state index contributed by atoms with van der Waals surface area (Å²) in [6, 6.07) is -0.113. The molecule has 84 valence electrons. The molecular formula is C10H16N2O3. The second-order valence-electron chi connectivity index (χ2n) is 4.31. The van der Waals surface area contributed by atoms with Crippen LogP contribution in [-0.4, -0.2) is 47.1 Å². The van der Waals surface area contributed by atoms with Crippen molar-refractivity contribution in [1.29, 1.82) is 0 Å². The van der Waals surface area contributed by atoms with Crippen LogP contribution < -0.4 is 5.32 Å². The number of carboxylic acids is 1. The van der Waals surface area contributed by atoms with Crippen LogP contribution in [0.4, 0.5) is 0 Å². The maximum absolute atomic E-state index is 11.5. The van der Waals surface area contributed by atoms with Crippen LogP contribution in [0, 0.1) is 0 Å². The van der Waals surface area contributed by atoms with Crippen LogP contribution in [0.25, 0.3) is 0 Å². The Morgan fingerprint density at radius 3 is 2.67 bits per heavy atom. The number of rotatable bonds is 4. The number of amides is 1. The van der Waals surface area contributed by atoms with E-state index in [4.69, 9.17) is 5.11 Å². The number of carbonyl (C=O) groups is 2. The van der Waals surface area contributed by atoms with Gasteiger partial charge in [-0.3, -0.25) is 14.5 Å². The van der Waals surface area contributed by atoms with E-state index >= 15 is 0 Å². The molecule has 5 nitrogen and oxygen atoms in total. The molecule has 15 heavy (non-hydrogen) atoms. The Hall–Kier alpha value is -1.10. The molecule has 2 rings (SSSR count). The highest BCUT2D eigenvalue weighted by atomic mass is 16.4. The van der Waals surface area contributed by atoms with E-state index in [9.17, 15) is 9.59 Å². The van der Waals surface area contributed by atoms with E-state index in [1.54, 1.807) is 4.90 Å². The van der Waals surface area contributed by atoms with Gasteiger partial charge in [-0.2, -0.15) is 0 Å². The second kappa shape index (κ2) is 4.18. The minimum atomic E-state index is -0.813. The van der Waals surface area contributed by atoms with E-state index in [1.165, 1.54) is 0 Å². The van der Waals surface area contributed by atoms with Crippen molar-refractivity contribution in [2.24, 2.45) is 0 Å². The van der Waals surface area contributed by atoms with Crippen molar-refractivity contribution in [1.82, 2.24) is 10.2 Å². The molecule has 1 amide bonds. The first-order valence-electron chi connectivity index (χ1n) is 5.43. The van der Waals surface area contributed by atoms with E-state index in [0.29, 0.717) is 12.5 Å². The monoisotopic (exact) mass is 212 g/mol. The molecule has 1 atom stereocenters. The summed E-state index contributed by atoms with van der Waals surface area (Å²) >= 11 is 0. The minimum absolute atomic E-state index is 0.0364. The van der Waals surface area contributed by atoms with Gasteiger partial charge >= 0.3 is 5.97 Å². The van der Waals surface area contributed by atoms with Crippen molar-refractivity contribution >= 4 is 11.9 Å². The number of nitrogens with zero attached hydrogens (tertiary/aromatic N) is 1. The SMILES string of the molecule is O=C(CN1CCCC1C(=O)O)NC1CC1. The Bertz CT molecular complexity index is 276. The molecule has 1 unspecified atom stereocenters. The van der Waals surface area contributed by atoms with Gasteiger partial charge in [0.15, 0.2) is 0 Å². The largest absolute Gasteiger partial charge is 0.480 e. The average Bonchev–Trinajstić information content (AvgIpc) is 2.82. The maximum Gasteiger partial charge on any atom is 0.320 e. The number of hydrogen-bond acceptors (Lipinski definition) is 3. The molecule has 1 heterocycles. The van der Waals surface area contributed by atoms with Crippen molar-refractivity contribution in [3.8, 4) is 0 Å². The van der Waals surface area contributed by atoms with Gasteiger partial charge in [0, 0.05) is 6.04 Å². The number of likely N-dealkylation sites (tertiary alicyclic amines) is 1. The number of nitrogens with one attached hydrogen (secondary N) is 1. The summed E-state index contributed by atoms with van der Waals surface area (Å²) in [5.74, 6) is -0.850. The van der Waals surface area contributed by atoms with Gasteiger partial charge in [0.05, 0.1) is 6.54 Å². The molecule has 1 aliphatic heterocycles. The summed E-state index contributed by atoms with van der Waals surface area (Å²) in [6.45, 7) is 0.947. The van der Waals surface area contributed by atoms with E-state index in [1.807, 2.05) is 0 Å². The summed E-state index contributed by atoms with van der Waals surface area (Å²) in [5, 5.41) is 11.8. The van der Waals surface area contributed by atoms with Crippen LogP contribution in [0.5, 0.6) is 0 Å². The third kappa shape index (κ3) is 2.68. The van der Waals surface area contributed by atoms with Gasteiger partial charge in [0.25, 0.3) is 0 Å². The van der Waals surface area contributed by atoms with Crippen molar-refractivity contribution in [2.45, 2.75) is 37.8 Å². The molecule has 0 spiro atoms. The van der Waals surface area contributed by atoms with E-state index in [-0.39, 0.29) is 12.5 Å². The smallest absolute Gasteiger partial charge is 0.320 e. The highest BCUT2D eigenvalue weighted by molar-refractivity contribution is 5.80. The predicted molar refractivity (Wildman–Crippen MR) is 53.4 cm³/mol. The van der Waals surface area contributed by atoms with Gasteiger partial charge in [0.2, 0.25) is 5.91 Å². The number of hydrogen-bond donors (Lipinski definition) is 2. The lowest BCUT2D eigenvalue weighted by Crippen LogP contribution is -2.43. The predicted octanol–water partition coefficient (Wildman–Crippen LogP) is -0.186. The first kappa shape index (κ1) is 10.4. The first-order valence-corrected chi connectivity index (χ1v) is 5.43. The van der Waals surface area contributed by atoms with E-state index in [0.717, 1.165) is 25.8 Å². The molecule has 2 aliphatic rings. The molecule has 0 aromatic rings. The van der Waals surface area contributed by atoms with E-state index in [2.05, 4.69) is 5.32 Å². The molecule has 0 radical (unpaired) electrons. The van der Waals surface area contributed by atoms with Crippen LogP contribution in [0.15, 0.2) is 0 Å². The Morgan fingerprint density at radius 2 is 2.07 bits per heavy atom. The molecular weight excluding hydrogens is 196 g/mol. The van der Waals surface area contributed by atoms with Crippen molar-refractivity contribution in [3.05, 3.63) is 0 Å². The molecule has 2 fully saturated rings. The first-order chi connectivity index (χ1) is 7.16. The zero-order chi connectivity index (χ0) is 10.8. The number of aliphatic carboxylic acids is 1. The fourth-order valence-corrected chi connectivity index (χ4v) is 1.98. The van der Waals surface area contributed by atoms with Crippen molar-refractivity contribution in [3.63, 3.8) is 0 Å². The van der Waals surface area contributed by atoms with E-state index < -0.39 is 12.0 Å². The van der Waals surface area contributed by atoms with Gasteiger partial charge in [0.1, 0.15) is 6.04 Å². The standard InChI is InChI=1S/C10H16N2O3/c13-9(11-7-3-4-7)6-12-5-1-2-8(12)10(14)15/h7-8H,1-6H2,(H,11,13)(H,14,15). The Morgan fingerprint density at radius 1 is 1.33 bits per heavy atom. The third-order valence-electron chi connectivity index (χ3n) is 2.94.